The van der Waals surface area contributed by atoms with Crippen molar-refractivity contribution < 1.29 is 0 Å². The number of nitrogens with zero attached hydrogens (tertiary/aromatic N) is 1. The highest BCUT2D eigenvalue weighted by Crippen LogP contribution is 2.15. The van der Waals surface area contributed by atoms with Gasteiger partial charge in [0, 0.05) is 36.7 Å². The highest BCUT2D eigenvalue weighted by Gasteiger charge is 2.19. The maximum absolute atomic E-state index is 5.92. The molecule has 0 spiro atoms. The average molecular weight is 188 g/mol. The van der Waals surface area contributed by atoms with Crippen molar-refractivity contribution in [2.75, 3.05) is 24.6 Å². The lowest BCUT2D eigenvalue weighted by atomic mass is 10.2. The predicted octanol–water partition coefficient (Wildman–Crippen LogP) is 1.16. The molecule has 0 bridgehead atoms. The van der Waals surface area contributed by atoms with Gasteiger partial charge in [-0.1, -0.05) is 6.92 Å². The van der Waals surface area contributed by atoms with Gasteiger partial charge in [0.25, 0.3) is 0 Å². The minimum absolute atomic E-state index is 0.371. The fourth-order valence-corrected chi connectivity index (χ4v) is 2.55. The van der Waals surface area contributed by atoms with Crippen LogP contribution >= 0.6 is 11.8 Å². The Bertz CT molecular complexity index is 130. The Morgan fingerprint density at radius 1 is 1.67 bits per heavy atom. The van der Waals surface area contributed by atoms with Gasteiger partial charge >= 0.3 is 0 Å². The summed E-state index contributed by atoms with van der Waals surface area (Å²) in [6.07, 6.45) is 1.09. The van der Waals surface area contributed by atoms with E-state index in [9.17, 15) is 0 Å². The summed E-state index contributed by atoms with van der Waals surface area (Å²) in [6, 6.07) is 1.09. The Kier molecular flexibility index (Phi) is 4.40. The van der Waals surface area contributed by atoms with Crippen molar-refractivity contribution in [1.29, 1.82) is 0 Å². The molecule has 1 heterocycles. The largest absolute Gasteiger partial charge is 0.327 e. The highest BCUT2D eigenvalue weighted by atomic mass is 32.2. The predicted molar refractivity (Wildman–Crippen MR) is 56.6 cm³/mol. The molecule has 1 saturated heterocycles. The third-order valence-electron chi connectivity index (χ3n) is 2.50. The van der Waals surface area contributed by atoms with Gasteiger partial charge < -0.3 is 5.73 Å². The lowest BCUT2D eigenvalue weighted by Crippen LogP contribution is -2.46. The first-order chi connectivity index (χ1) is 5.74. The van der Waals surface area contributed by atoms with Crippen LogP contribution < -0.4 is 5.73 Å². The fourth-order valence-electron chi connectivity index (χ4n) is 1.46. The minimum Gasteiger partial charge on any atom is -0.327 e. The Morgan fingerprint density at radius 2 is 2.42 bits per heavy atom. The molecule has 3 heteroatoms. The van der Waals surface area contributed by atoms with Crippen molar-refractivity contribution in [2.24, 2.45) is 5.73 Å². The Balaban J connectivity index is 2.28. The molecule has 0 saturated carbocycles. The molecule has 1 fully saturated rings. The van der Waals surface area contributed by atoms with Crippen LogP contribution in [0.25, 0.3) is 0 Å². The van der Waals surface area contributed by atoms with Gasteiger partial charge in [-0.15, -0.1) is 0 Å². The first kappa shape index (κ1) is 10.4. The molecule has 0 radical (unpaired) electrons. The zero-order valence-electron chi connectivity index (χ0n) is 8.12. The fraction of sp³-hybridized carbons (Fsp3) is 1.00. The summed E-state index contributed by atoms with van der Waals surface area (Å²) >= 11 is 2.06. The zero-order chi connectivity index (χ0) is 8.97. The van der Waals surface area contributed by atoms with Crippen molar-refractivity contribution in [3.8, 4) is 0 Å². The molecule has 2 nitrogen and oxygen atoms in total. The van der Waals surface area contributed by atoms with Crippen LogP contribution in [-0.2, 0) is 0 Å². The van der Waals surface area contributed by atoms with Gasteiger partial charge in [-0.25, -0.2) is 0 Å². The summed E-state index contributed by atoms with van der Waals surface area (Å²) in [5.74, 6) is 2.55. The molecule has 0 aliphatic carbocycles. The molecule has 2 unspecified atom stereocenters. The summed E-state index contributed by atoms with van der Waals surface area (Å²) in [4.78, 5) is 2.52. The first-order valence-electron chi connectivity index (χ1n) is 4.81. The van der Waals surface area contributed by atoms with E-state index in [4.69, 9.17) is 5.73 Å². The smallest absolute Gasteiger partial charge is 0.0165 e. The van der Waals surface area contributed by atoms with Gasteiger partial charge in [-0.3, -0.25) is 4.90 Å². The van der Waals surface area contributed by atoms with Gasteiger partial charge in [0.1, 0.15) is 0 Å². The number of hydrogen-bond acceptors (Lipinski definition) is 3. The molecule has 0 aromatic heterocycles. The molecule has 12 heavy (non-hydrogen) atoms. The van der Waals surface area contributed by atoms with Crippen molar-refractivity contribution in [2.45, 2.75) is 32.4 Å². The summed E-state index contributed by atoms with van der Waals surface area (Å²) in [6.45, 7) is 6.76. The van der Waals surface area contributed by atoms with E-state index in [2.05, 4.69) is 30.5 Å². The summed E-state index contributed by atoms with van der Waals surface area (Å²) < 4.78 is 0. The second-order valence-electron chi connectivity index (χ2n) is 3.59. The lowest BCUT2D eigenvalue weighted by Gasteiger charge is -2.34. The second kappa shape index (κ2) is 5.10. The first-order valence-corrected chi connectivity index (χ1v) is 5.97. The van der Waals surface area contributed by atoms with Gasteiger partial charge in [0.05, 0.1) is 0 Å². The third-order valence-corrected chi connectivity index (χ3v) is 3.69. The van der Waals surface area contributed by atoms with E-state index in [0.717, 1.165) is 19.0 Å². The summed E-state index contributed by atoms with van der Waals surface area (Å²) in [5.41, 5.74) is 5.92. The molecule has 0 aromatic carbocycles. The lowest BCUT2D eigenvalue weighted by molar-refractivity contribution is 0.217. The van der Waals surface area contributed by atoms with Crippen molar-refractivity contribution in [3.05, 3.63) is 0 Å². The minimum atomic E-state index is 0.371. The molecule has 0 aromatic rings. The van der Waals surface area contributed by atoms with Crippen LogP contribution in [-0.4, -0.2) is 41.6 Å². The summed E-state index contributed by atoms with van der Waals surface area (Å²) in [5, 5.41) is 0. The molecule has 2 N–H and O–H groups in total. The van der Waals surface area contributed by atoms with Crippen LogP contribution in [0.4, 0.5) is 0 Å². The topological polar surface area (TPSA) is 29.3 Å². The number of thioether (sulfide) groups is 1. The normalized spacial score (nSPS) is 28.8. The molecule has 1 rings (SSSR count). The van der Waals surface area contributed by atoms with Crippen LogP contribution in [0.1, 0.15) is 20.3 Å². The van der Waals surface area contributed by atoms with Gasteiger partial charge in [-0.05, 0) is 13.3 Å². The number of hydrogen-bond donors (Lipinski definition) is 1. The van der Waals surface area contributed by atoms with E-state index < -0.39 is 0 Å². The van der Waals surface area contributed by atoms with E-state index in [1.807, 2.05) is 0 Å². The maximum Gasteiger partial charge on any atom is 0.0165 e. The molecular formula is C9H20N2S. The molecule has 2 atom stereocenters. The molecule has 1 aliphatic heterocycles. The van der Waals surface area contributed by atoms with Crippen molar-refractivity contribution in [1.82, 2.24) is 4.90 Å². The van der Waals surface area contributed by atoms with Gasteiger partial charge in [0.2, 0.25) is 0 Å². The highest BCUT2D eigenvalue weighted by molar-refractivity contribution is 7.99. The Morgan fingerprint density at radius 3 is 3.00 bits per heavy atom. The maximum atomic E-state index is 5.92. The van der Waals surface area contributed by atoms with Crippen molar-refractivity contribution in [3.63, 3.8) is 0 Å². The number of rotatable bonds is 3. The third kappa shape index (κ3) is 2.96. The van der Waals surface area contributed by atoms with Crippen LogP contribution in [0.3, 0.4) is 0 Å². The summed E-state index contributed by atoms with van der Waals surface area (Å²) in [7, 11) is 0. The van der Waals surface area contributed by atoms with Crippen LogP contribution in [0.15, 0.2) is 0 Å². The van der Waals surface area contributed by atoms with Crippen LogP contribution in [0, 0.1) is 0 Å². The van der Waals surface area contributed by atoms with E-state index in [1.165, 1.54) is 18.1 Å². The Labute approximate surface area is 79.9 Å². The van der Waals surface area contributed by atoms with Crippen molar-refractivity contribution >= 4 is 11.8 Å². The quantitative estimate of drug-likeness (QED) is 0.721. The van der Waals surface area contributed by atoms with E-state index in [-0.39, 0.29) is 0 Å². The SMILES string of the molecule is CCC(N)CN1CCSCC1C. The van der Waals surface area contributed by atoms with E-state index in [0.29, 0.717) is 6.04 Å². The molecule has 72 valence electrons. The van der Waals surface area contributed by atoms with Crippen LogP contribution in [0.5, 0.6) is 0 Å². The molecular weight excluding hydrogens is 168 g/mol. The number of nitrogens with two attached hydrogens (primary N) is 1. The zero-order valence-corrected chi connectivity index (χ0v) is 8.94. The van der Waals surface area contributed by atoms with Gasteiger partial charge in [-0.2, -0.15) is 11.8 Å². The van der Waals surface area contributed by atoms with E-state index in [1.54, 1.807) is 0 Å². The standard InChI is InChI=1S/C9H20N2S/c1-3-9(10)6-11-4-5-12-7-8(11)2/h8-9H,3-7,10H2,1-2H3. The van der Waals surface area contributed by atoms with Gasteiger partial charge in [0.15, 0.2) is 0 Å². The monoisotopic (exact) mass is 188 g/mol. The second-order valence-corrected chi connectivity index (χ2v) is 4.74. The molecule has 0 amide bonds. The average Bonchev–Trinajstić information content (AvgIpc) is 2.09. The molecule has 1 aliphatic rings. The van der Waals surface area contributed by atoms with Crippen LogP contribution in [0.2, 0.25) is 0 Å². The Hall–Kier alpha value is 0.270. The van der Waals surface area contributed by atoms with E-state index >= 15 is 0 Å².